The third-order valence-electron chi connectivity index (χ3n) is 7.44. The number of allylic oxidation sites excluding steroid dienone is 4. The number of unbranched alkanes of at least 4 members (excludes halogenated alkanes) is 18. The van der Waals surface area contributed by atoms with Crippen LogP contribution in [0.5, 0.6) is 0 Å². The van der Waals surface area contributed by atoms with E-state index >= 15 is 0 Å². The maximum absolute atomic E-state index is 12.3. The van der Waals surface area contributed by atoms with Crippen LogP contribution in [-0.2, 0) is 28.2 Å². The first kappa shape index (κ1) is 42.5. The van der Waals surface area contributed by atoms with Crippen LogP contribution in [0, 0.1) is 0 Å². The zero-order valence-electron chi connectivity index (χ0n) is 28.1. The lowest BCUT2D eigenvalue weighted by atomic mass is 10.1. The van der Waals surface area contributed by atoms with E-state index in [-0.39, 0.29) is 19.4 Å². The first-order valence-corrected chi connectivity index (χ1v) is 19.2. The molecule has 9 heteroatoms. The van der Waals surface area contributed by atoms with Gasteiger partial charge >= 0.3 is 19.8 Å². The molecule has 8 nitrogen and oxygen atoms in total. The van der Waals surface area contributed by atoms with E-state index < -0.39 is 32.5 Å². The summed E-state index contributed by atoms with van der Waals surface area (Å²) in [5, 5.41) is 0. The quantitative estimate of drug-likeness (QED) is 0.0321. The van der Waals surface area contributed by atoms with Crippen molar-refractivity contribution >= 4 is 19.8 Å². The van der Waals surface area contributed by atoms with E-state index in [1.807, 2.05) is 0 Å². The molecule has 0 rings (SSSR count). The molecule has 0 aliphatic heterocycles. The number of ether oxygens (including phenoxy) is 2. The molecule has 0 radical (unpaired) electrons. The highest BCUT2D eigenvalue weighted by atomic mass is 31.2. The molecule has 0 amide bonds. The molecule has 258 valence electrons. The molecule has 2 N–H and O–H groups in total. The predicted molar refractivity (Wildman–Crippen MR) is 179 cm³/mol. The number of phosphoric acid groups is 1. The Labute approximate surface area is 269 Å². The van der Waals surface area contributed by atoms with Crippen LogP contribution in [0.4, 0.5) is 0 Å². The van der Waals surface area contributed by atoms with Crippen molar-refractivity contribution in [2.24, 2.45) is 0 Å². The molecule has 0 aromatic heterocycles. The fraction of sp³-hybridized carbons (Fsp3) is 0.829. The molecule has 0 aromatic carbocycles. The minimum absolute atomic E-state index is 0.191. The molecule has 0 fully saturated rings. The van der Waals surface area contributed by atoms with Gasteiger partial charge in [0, 0.05) is 12.8 Å². The number of esters is 2. The zero-order chi connectivity index (χ0) is 32.6. The Bertz CT molecular complexity index is 777. The van der Waals surface area contributed by atoms with Crippen LogP contribution < -0.4 is 0 Å². The highest BCUT2D eigenvalue weighted by Gasteiger charge is 2.22. The van der Waals surface area contributed by atoms with Gasteiger partial charge < -0.3 is 19.3 Å². The molecule has 0 saturated carbocycles. The first-order chi connectivity index (χ1) is 21.3. The summed E-state index contributed by atoms with van der Waals surface area (Å²) in [5.74, 6) is -0.914. The van der Waals surface area contributed by atoms with Crippen molar-refractivity contribution in [2.45, 2.75) is 174 Å². The number of rotatable bonds is 32. The molecule has 0 saturated heterocycles. The fourth-order valence-corrected chi connectivity index (χ4v) is 5.12. The molecule has 0 bridgehead atoms. The van der Waals surface area contributed by atoms with E-state index in [2.05, 4.69) is 42.7 Å². The topological polar surface area (TPSA) is 119 Å². The fourth-order valence-electron chi connectivity index (χ4n) is 4.76. The highest BCUT2D eigenvalue weighted by molar-refractivity contribution is 7.46. The third kappa shape index (κ3) is 33.4. The smallest absolute Gasteiger partial charge is 0.462 e. The molecule has 0 spiro atoms. The van der Waals surface area contributed by atoms with Crippen LogP contribution in [-0.4, -0.2) is 41.0 Å². The van der Waals surface area contributed by atoms with E-state index in [9.17, 15) is 14.2 Å². The first-order valence-electron chi connectivity index (χ1n) is 17.6. The number of hydrogen-bond donors (Lipinski definition) is 2. The van der Waals surface area contributed by atoms with Gasteiger partial charge in [-0.05, 0) is 57.8 Å². The van der Waals surface area contributed by atoms with Gasteiger partial charge in [-0.2, -0.15) is 0 Å². The molecule has 0 aromatic rings. The number of carbonyl (C=O) groups is 2. The summed E-state index contributed by atoms with van der Waals surface area (Å²) in [6.45, 7) is 3.60. The van der Waals surface area contributed by atoms with E-state index in [1.54, 1.807) is 0 Å². The number of phosphoric ester groups is 1. The van der Waals surface area contributed by atoms with Crippen LogP contribution in [0.2, 0.25) is 0 Å². The highest BCUT2D eigenvalue weighted by Crippen LogP contribution is 2.35. The average molecular weight is 645 g/mol. The van der Waals surface area contributed by atoms with Gasteiger partial charge in [0.05, 0.1) is 6.61 Å². The van der Waals surface area contributed by atoms with Crippen molar-refractivity contribution in [1.82, 2.24) is 0 Å². The predicted octanol–water partition coefficient (Wildman–Crippen LogP) is 10.1. The Kier molecular flexibility index (Phi) is 30.5. The van der Waals surface area contributed by atoms with Gasteiger partial charge in [0.25, 0.3) is 0 Å². The molecule has 0 unspecified atom stereocenters. The van der Waals surface area contributed by atoms with E-state index in [0.717, 1.165) is 64.2 Å². The van der Waals surface area contributed by atoms with Crippen molar-refractivity contribution in [3.63, 3.8) is 0 Å². The molecule has 0 heterocycles. The molecular formula is C35H65O8P. The van der Waals surface area contributed by atoms with Gasteiger partial charge in [0.15, 0.2) is 6.10 Å². The Morgan fingerprint density at radius 3 is 1.48 bits per heavy atom. The van der Waals surface area contributed by atoms with Crippen molar-refractivity contribution in [3.8, 4) is 0 Å². The number of carbonyl (C=O) groups excluding carboxylic acids is 2. The minimum atomic E-state index is -4.75. The third-order valence-corrected chi connectivity index (χ3v) is 7.93. The van der Waals surface area contributed by atoms with Gasteiger partial charge in [-0.3, -0.25) is 14.1 Å². The van der Waals surface area contributed by atoms with Crippen LogP contribution in [0.3, 0.4) is 0 Å². The van der Waals surface area contributed by atoms with Gasteiger partial charge in [-0.25, -0.2) is 4.57 Å². The van der Waals surface area contributed by atoms with Crippen molar-refractivity contribution in [3.05, 3.63) is 24.3 Å². The lowest BCUT2D eigenvalue weighted by Crippen LogP contribution is -2.29. The summed E-state index contributed by atoms with van der Waals surface area (Å²) in [5.41, 5.74) is 0. The van der Waals surface area contributed by atoms with Crippen molar-refractivity contribution in [2.75, 3.05) is 13.2 Å². The van der Waals surface area contributed by atoms with Gasteiger partial charge in [-0.15, -0.1) is 0 Å². The van der Waals surface area contributed by atoms with E-state index in [1.165, 1.54) is 64.2 Å². The SMILES string of the molecule is CCCC/C=C/CCCCCCCC(=O)OC[C@H](COP(=O)(O)O)OC(=O)CCCCC/C=C/CCCCCCCCCC. The molecular weight excluding hydrogens is 579 g/mol. The Balaban J connectivity index is 4.02. The Morgan fingerprint density at radius 1 is 0.568 bits per heavy atom. The number of hydrogen-bond acceptors (Lipinski definition) is 6. The van der Waals surface area contributed by atoms with Crippen LogP contribution in [0.15, 0.2) is 24.3 Å². The standard InChI is InChI=1S/C35H65O8P/c1-3-5-7-9-11-13-15-16-17-18-20-22-24-26-28-30-35(37)43-33(32-42-44(38,39)40)31-41-34(36)29-27-25-23-21-19-14-12-10-8-6-4-2/h10,12,18,20,33H,3-9,11,13-17,19,21-32H2,1-2H3,(H2,38,39,40)/b12-10+,20-18+/t33-/m1/s1. The summed E-state index contributed by atoms with van der Waals surface area (Å²) in [6.07, 6.45) is 33.3. The van der Waals surface area contributed by atoms with Gasteiger partial charge in [0.2, 0.25) is 0 Å². The largest absolute Gasteiger partial charge is 0.469 e. The Morgan fingerprint density at radius 2 is 0.977 bits per heavy atom. The lowest BCUT2D eigenvalue weighted by Gasteiger charge is -2.18. The summed E-state index contributed by atoms with van der Waals surface area (Å²) in [6, 6.07) is 0. The van der Waals surface area contributed by atoms with Gasteiger partial charge in [-0.1, -0.05) is 122 Å². The second-order valence-electron chi connectivity index (χ2n) is 11.8. The van der Waals surface area contributed by atoms with Crippen molar-refractivity contribution < 1.29 is 37.9 Å². The second-order valence-corrected chi connectivity index (χ2v) is 13.1. The minimum Gasteiger partial charge on any atom is -0.462 e. The maximum atomic E-state index is 12.3. The zero-order valence-corrected chi connectivity index (χ0v) is 29.0. The molecule has 0 aliphatic carbocycles. The molecule has 0 aliphatic rings. The van der Waals surface area contributed by atoms with Crippen LogP contribution in [0.1, 0.15) is 168 Å². The van der Waals surface area contributed by atoms with Gasteiger partial charge in [0.1, 0.15) is 6.61 Å². The average Bonchev–Trinajstić information content (AvgIpc) is 2.98. The van der Waals surface area contributed by atoms with Crippen LogP contribution in [0.25, 0.3) is 0 Å². The molecule has 44 heavy (non-hydrogen) atoms. The summed E-state index contributed by atoms with van der Waals surface area (Å²) in [4.78, 5) is 42.5. The second kappa shape index (κ2) is 31.5. The Hall–Kier alpha value is -1.47. The summed E-state index contributed by atoms with van der Waals surface area (Å²) < 4.78 is 26.2. The monoisotopic (exact) mass is 644 g/mol. The van der Waals surface area contributed by atoms with Crippen molar-refractivity contribution in [1.29, 1.82) is 0 Å². The van der Waals surface area contributed by atoms with E-state index in [0.29, 0.717) is 12.8 Å². The summed E-state index contributed by atoms with van der Waals surface area (Å²) in [7, 11) is -4.75. The summed E-state index contributed by atoms with van der Waals surface area (Å²) >= 11 is 0. The van der Waals surface area contributed by atoms with Crippen LogP contribution >= 0.6 is 7.82 Å². The van der Waals surface area contributed by atoms with E-state index in [4.69, 9.17) is 19.3 Å². The molecule has 1 atom stereocenters. The maximum Gasteiger partial charge on any atom is 0.469 e. The normalized spacial score (nSPS) is 12.7. The lowest BCUT2D eigenvalue weighted by molar-refractivity contribution is -0.161.